The highest BCUT2D eigenvalue weighted by molar-refractivity contribution is 5.97. The first kappa shape index (κ1) is 16.5. The molecule has 2 amide bonds. The van der Waals surface area contributed by atoms with E-state index in [1.807, 2.05) is 13.8 Å². The molecule has 1 aliphatic rings. The molecular formula is C15H23N3O4. The highest BCUT2D eigenvalue weighted by Gasteiger charge is 2.29. The molecular weight excluding hydrogens is 286 g/mol. The zero-order chi connectivity index (χ0) is 16.1. The maximum Gasteiger partial charge on any atom is 0.249 e. The summed E-state index contributed by atoms with van der Waals surface area (Å²) in [6.07, 6.45) is 1.67. The quantitative estimate of drug-likeness (QED) is 0.833. The van der Waals surface area contributed by atoms with Crippen LogP contribution in [0.15, 0.2) is 10.6 Å². The second kappa shape index (κ2) is 7.40. The summed E-state index contributed by atoms with van der Waals surface area (Å²) >= 11 is 0. The van der Waals surface area contributed by atoms with Gasteiger partial charge in [0.05, 0.1) is 0 Å². The maximum atomic E-state index is 12.4. The van der Waals surface area contributed by atoms with E-state index in [-0.39, 0.29) is 17.7 Å². The van der Waals surface area contributed by atoms with Gasteiger partial charge in [0.1, 0.15) is 17.9 Å². The van der Waals surface area contributed by atoms with E-state index in [4.69, 9.17) is 9.26 Å². The van der Waals surface area contributed by atoms with Gasteiger partial charge >= 0.3 is 0 Å². The van der Waals surface area contributed by atoms with Gasteiger partial charge in [0.25, 0.3) is 0 Å². The summed E-state index contributed by atoms with van der Waals surface area (Å²) in [5.41, 5.74) is 0. The molecule has 1 aromatic rings. The van der Waals surface area contributed by atoms with Crippen LogP contribution in [0.2, 0.25) is 0 Å². The van der Waals surface area contributed by atoms with Gasteiger partial charge in [-0.25, -0.2) is 0 Å². The van der Waals surface area contributed by atoms with E-state index < -0.39 is 12.1 Å². The van der Waals surface area contributed by atoms with Crippen LogP contribution in [0.25, 0.3) is 0 Å². The van der Waals surface area contributed by atoms with Gasteiger partial charge in [0, 0.05) is 12.7 Å². The lowest BCUT2D eigenvalue weighted by atomic mass is 10.0. The fraction of sp³-hybridized carbons (Fsp3) is 0.667. The molecule has 0 aromatic carbocycles. The Bertz CT molecular complexity index is 521. The minimum absolute atomic E-state index is 0.227. The van der Waals surface area contributed by atoms with Gasteiger partial charge in [-0.15, -0.1) is 0 Å². The molecule has 0 spiro atoms. The molecule has 2 atom stereocenters. The van der Waals surface area contributed by atoms with E-state index in [0.29, 0.717) is 31.0 Å². The van der Waals surface area contributed by atoms with Crippen LogP contribution >= 0.6 is 0 Å². The number of ether oxygens (including phenoxy) is 1. The van der Waals surface area contributed by atoms with Crippen molar-refractivity contribution < 1.29 is 18.8 Å². The number of nitrogens with zero attached hydrogens (tertiary/aromatic N) is 1. The van der Waals surface area contributed by atoms with E-state index in [9.17, 15) is 9.59 Å². The topological polar surface area (TPSA) is 93.5 Å². The molecule has 22 heavy (non-hydrogen) atoms. The molecule has 1 aromatic heterocycles. The number of aromatic nitrogens is 1. The summed E-state index contributed by atoms with van der Waals surface area (Å²) in [6, 6.07) is 1.01. The average Bonchev–Trinajstić information content (AvgIpc) is 3.09. The highest BCUT2D eigenvalue weighted by atomic mass is 16.5. The Morgan fingerprint density at radius 1 is 1.45 bits per heavy atom. The van der Waals surface area contributed by atoms with E-state index in [1.165, 1.54) is 0 Å². The molecule has 1 aliphatic heterocycles. The largest absolute Gasteiger partial charge is 0.368 e. The van der Waals surface area contributed by atoms with Crippen LogP contribution in [-0.2, 0) is 14.3 Å². The normalized spacial score (nSPS) is 19.2. The number of rotatable bonds is 6. The Hall–Kier alpha value is -1.89. The molecule has 122 valence electrons. The molecule has 1 fully saturated rings. The summed E-state index contributed by atoms with van der Waals surface area (Å²) in [5.74, 6) is 0.698. The third-order valence-corrected chi connectivity index (χ3v) is 3.44. The summed E-state index contributed by atoms with van der Waals surface area (Å²) < 4.78 is 10.3. The first-order valence-electron chi connectivity index (χ1n) is 7.62. The van der Waals surface area contributed by atoms with Crippen molar-refractivity contribution in [2.24, 2.45) is 5.92 Å². The van der Waals surface area contributed by atoms with Crippen molar-refractivity contribution in [3.8, 4) is 0 Å². The second-order valence-corrected chi connectivity index (χ2v) is 6.00. The lowest BCUT2D eigenvalue weighted by Crippen LogP contribution is -2.48. The zero-order valence-corrected chi connectivity index (χ0v) is 13.2. The Morgan fingerprint density at radius 2 is 2.23 bits per heavy atom. The maximum absolute atomic E-state index is 12.4. The SMILES string of the molecule is Cc1cc(NC(=O)[C@@H](CC(C)C)NC(=O)C2CCCO2)no1. The van der Waals surface area contributed by atoms with Gasteiger partial charge in [-0.1, -0.05) is 19.0 Å². The Balaban J connectivity index is 1.97. The molecule has 1 saturated heterocycles. The number of aryl methyl sites for hydroxylation is 1. The molecule has 7 nitrogen and oxygen atoms in total. The smallest absolute Gasteiger partial charge is 0.249 e. The molecule has 2 heterocycles. The van der Waals surface area contributed by atoms with Crippen LogP contribution in [0.5, 0.6) is 0 Å². The molecule has 0 radical (unpaired) electrons. The number of carbonyl (C=O) groups excluding carboxylic acids is 2. The van der Waals surface area contributed by atoms with Gasteiger partial charge in [-0.3, -0.25) is 9.59 Å². The predicted molar refractivity (Wildman–Crippen MR) is 80.2 cm³/mol. The standard InChI is InChI=1S/C15H23N3O4/c1-9(2)7-11(16-15(20)12-5-4-6-21-12)14(19)17-13-8-10(3)22-18-13/h8-9,11-12H,4-7H2,1-3H3,(H,16,20)(H,17,18,19)/t11-,12?/m1/s1. The molecule has 1 unspecified atom stereocenters. The van der Waals surface area contributed by atoms with Crippen LogP contribution in [0.4, 0.5) is 5.82 Å². The van der Waals surface area contributed by atoms with Gasteiger partial charge < -0.3 is 19.9 Å². The Labute approximate surface area is 129 Å². The van der Waals surface area contributed by atoms with Gasteiger partial charge in [0.2, 0.25) is 11.8 Å². The number of hydrogen-bond donors (Lipinski definition) is 2. The molecule has 2 rings (SSSR count). The van der Waals surface area contributed by atoms with Crippen molar-refractivity contribution in [3.63, 3.8) is 0 Å². The van der Waals surface area contributed by atoms with Crippen LogP contribution < -0.4 is 10.6 Å². The second-order valence-electron chi connectivity index (χ2n) is 6.00. The van der Waals surface area contributed by atoms with Crippen LogP contribution in [0.1, 0.15) is 38.9 Å². The van der Waals surface area contributed by atoms with E-state index in [0.717, 1.165) is 6.42 Å². The summed E-state index contributed by atoms with van der Waals surface area (Å²) in [5, 5.41) is 9.18. The summed E-state index contributed by atoms with van der Waals surface area (Å²) in [4.78, 5) is 24.5. The van der Waals surface area contributed by atoms with Crippen LogP contribution in [-0.4, -0.2) is 35.7 Å². The highest BCUT2D eigenvalue weighted by Crippen LogP contribution is 2.14. The number of nitrogens with one attached hydrogen (secondary N) is 2. The van der Waals surface area contributed by atoms with Gasteiger partial charge in [-0.2, -0.15) is 0 Å². The van der Waals surface area contributed by atoms with Crippen molar-refractivity contribution in [2.75, 3.05) is 11.9 Å². The predicted octanol–water partition coefficient (Wildman–Crippen LogP) is 1.63. The van der Waals surface area contributed by atoms with Crippen LogP contribution in [0, 0.1) is 12.8 Å². The Kier molecular flexibility index (Phi) is 5.54. The minimum atomic E-state index is -0.617. The molecule has 7 heteroatoms. The average molecular weight is 309 g/mol. The van der Waals surface area contributed by atoms with Crippen LogP contribution in [0.3, 0.4) is 0 Å². The van der Waals surface area contributed by atoms with Gasteiger partial charge in [0.15, 0.2) is 5.82 Å². The Morgan fingerprint density at radius 3 is 2.77 bits per heavy atom. The van der Waals surface area contributed by atoms with E-state index in [2.05, 4.69) is 15.8 Å². The monoisotopic (exact) mass is 309 g/mol. The van der Waals surface area contributed by atoms with Crippen molar-refractivity contribution >= 4 is 17.6 Å². The summed E-state index contributed by atoms with van der Waals surface area (Å²) in [7, 11) is 0. The van der Waals surface area contributed by atoms with Crippen molar-refractivity contribution in [1.82, 2.24) is 10.5 Å². The number of amides is 2. The number of anilines is 1. The third-order valence-electron chi connectivity index (χ3n) is 3.44. The van der Waals surface area contributed by atoms with E-state index in [1.54, 1.807) is 13.0 Å². The number of hydrogen-bond acceptors (Lipinski definition) is 5. The number of carbonyl (C=O) groups is 2. The fourth-order valence-corrected chi connectivity index (χ4v) is 2.39. The van der Waals surface area contributed by atoms with Gasteiger partial charge in [-0.05, 0) is 32.1 Å². The zero-order valence-electron chi connectivity index (χ0n) is 13.2. The van der Waals surface area contributed by atoms with Crippen molar-refractivity contribution in [1.29, 1.82) is 0 Å². The minimum Gasteiger partial charge on any atom is -0.368 e. The first-order valence-corrected chi connectivity index (χ1v) is 7.62. The molecule has 2 N–H and O–H groups in total. The molecule has 0 aliphatic carbocycles. The summed E-state index contributed by atoms with van der Waals surface area (Å²) in [6.45, 7) is 6.34. The van der Waals surface area contributed by atoms with Crippen molar-refractivity contribution in [2.45, 2.75) is 52.2 Å². The third kappa shape index (κ3) is 4.56. The molecule has 0 bridgehead atoms. The fourth-order valence-electron chi connectivity index (χ4n) is 2.39. The first-order chi connectivity index (χ1) is 10.5. The van der Waals surface area contributed by atoms with E-state index >= 15 is 0 Å². The van der Waals surface area contributed by atoms with Crippen molar-refractivity contribution in [3.05, 3.63) is 11.8 Å². The lowest BCUT2D eigenvalue weighted by Gasteiger charge is -2.21. The lowest BCUT2D eigenvalue weighted by molar-refractivity contribution is -0.133. The molecule has 0 saturated carbocycles.